The molecule has 0 spiro atoms. The van der Waals surface area contributed by atoms with Crippen LogP contribution in [-0.2, 0) is 14.3 Å². The first-order chi connectivity index (χ1) is 16.8. The summed E-state index contributed by atoms with van der Waals surface area (Å²) in [6, 6.07) is 15.3. The lowest BCUT2D eigenvalue weighted by Gasteiger charge is -2.27. The van der Waals surface area contributed by atoms with Gasteiger partial charge in [0, 0.05) is 19.0 Å². The van der Waals surface area contributed by atoms with Gasteiger partial charge in [-0.1, -0.05) is 48.5 Å². The fourth-order valence-corrected chi connectivity index (χ4v) is 4.72. The Kier molecular flexibility index (Phi) is 9.56. The summed E-state index contributed by atoms with van der Waals surface area (Å²) in [4.78, 5) is 40.5. The number of nitrogens with one attached hydrogen (secondary N) is 1. The third-order valence-electron chi connectivity index (χ3n) is 6.00. The molecule has 0 aliphatic heterocycles. The highest BCUT2D eigenvalue weighted by atomic mass is 32.2. The summed E-state index contributed by atoms with van der Waals surface area (Å²) in [6.45, 7) is 0.483. The molecule has 1 aliphatic rings. The van der Waals surface area contributed by atoms with Crippen molar-refractivity contribution in [3.05, 3.63) is 59.7 Å². The lowest BCUT2D eigenvalue weighted by Crippen LogP contribution is -2.51. The molecule has 8 nitrogen and oxygen atoms in total. The number of carboxylic acids is 1. The second-order valence-corrected chi connectivity index (χ2v) is 9.75. The van der Waals surface area contributed by atoms with Crippen molar-refractivity contribution in [2.75, 3.05) is 52.3 Å². The van der Waals surface area contributed by atoms with E-state index >= 15 is 0 Å². The van der Waals surface area contributed by atoms with Crippen LogP contribution < -0.4 is 5.32 Å². The molecule has 0 unspecified atom stereocenters. The van der Waals surface area contributed by atoms with Gasteiger partial charge in [0.1, 0.15) is 19.2 Å². The van der Waals surface area contributed by atoms with Crippen LogP contribution >= 0.6 is 11.8 Å². The molecule has 0 radical (unpaired) electrons. The highest BCUT2D eigenvalue weighted by Crippen LogP contribution is 2.44. The summed E-state index contributed by atoms with van der Waals surface area (Å²) in [5.74, 6) is -0.968. The zero-order valence-electron chi connectivity index (χ0n) is 20.4. The molecule has 9 heteroatoms. The van der Waals surface area contributed by atoms with E-state index in [9.17, 15) is 19.5 Å². The maximum absolute atomic E-state index is 13.2. The van der Waals surface area contributed by atoms with Gasteiger partial charge in [-0.15, -0.1) is 0 Å². The van der Waals surface area contributed by atoms with Gasteiger partial charge in [0.25, 0.3) is 0 Å². The Morgan fingerprint density at radius 3 is 2.17 bits per heavy atom. The highest BCUT2D eigenvalue weighted by molar-refractivity contribution is 7.98. The van der Waals surface area contributed by atoms with Gasteiger partial charge in [0.05, 0.1) is 0 Å². The molecule has 2 aromatic rings. The van der Waals surface area contributed by atoms with E-state index in [4.69, 9.17) is 4.74 Å². The molecular formula is C26H33N3O5S. The van der Waals surface area contributed by atoms with Gasteiger partial charge in [-0.05, 0) is 54.8 Å². The summed E-state index contributed by atoms with van der Waals surface area (Å²) in [7, 11) is 3.70. The number of carbonyl (C=O) groups is 3. The number of hydrogen-bond acceptors (Lipinski definition) is 6. The van der Waals surface area contributed by atoms with Crippen molar-refractivity contribution in [1.82, 2.24) is 15.1 Å². The number of carboxylic acid groups (broad SMARTS) is 1. The number of amides is 2. The average molecular weight is 500 g/mol. The molecule has 35 heavy (non-hydrogen) atoms. The van der Waals surface area contributed by atoms with Gasteiger partial charge in [0.15, 0.2) is 0 Å². The fraction of sp³-hybridized carbons (Fsp3) is 0.423. The van der Waals surface area contributed by atoms with E-state index in [1.165, 1.54) is 4.90 Å². The molecule has 0 aromatic heterocycles. The number of aliphatic carboxylic acids is 1. The van der Waals surface area contributed by atoms with Crippen molar-refractivity contribution in [2.45, 2.75) is 18.4 Å². The summed E-state index contributed by atoms with van der Waals surface area (Å²) in [5, 5.41) is 12.0. The first-order valence-corrected chi connectivity index (χ1v) is 13.0. The molecule has 3 rings (SSSR count). The molecule has 2 aromatic carbocycles. The minimum Gasteiger partial charge on any atom is -0.480 e. The molecule has 0 heterocycles. The van der Waals surface area contributed by atoms with Crippen molar-refractivity contribution in [1.29, 1.82) is 0 Å². The number of hydrogen-bond donors (Lipinski definition) is 2. The number of fused-ring (bicyclic) bond motifs is 3. The van der Waals surface area contributed by atoms with Crippen LogP contribution in [0.3, 0.4) is 0 Å². The highest BCUT2D eigenvalue weighted by Gasteiger charge is 2.31. The van der Waals surface area contributed by atoms with Gasteiger partial charge >= 0.3 is 12.1 Å². The van der Waals surface area contributed by atoms with E-state index in [1.807, 2.05) is 61.6 Å². The predicted molar refractivity (Wildman–Crippen MR) is 138 cm³/mol. The van der Waals surface area contributed by atoms with Crippen molar-refractivity contribution >= 4 is 29.7 Å². The lowest BCUT2D eigenvalue weighted by atomic mass is 9.98. The number of ether oxygens (including phenoxy) is 1. The third kappa shape index (κ3) is 6.99. The number of likely N-dealkylation sites (N-methyl/N-ethyl adjacent to an activating group) is 1. The normalized spacial score (nSPS) is 13.1. The number of rotatable bonds is 12. The number of alkyl carbamates (subject to hydrolysis) is 1. The van der Waals surface area contributed by atoms with E-state index < -0.39 is 30.6 Å². The molecular weight excluding hydrogens is 466 g/mol. The quantitative estimate of drug-likeness (QED) is 0.463. The second-order valence-electron chi connectivity index (χ2n) is 8.76. The van der Waals surface area contributed by atoms with E-state index in [0.29, 0.717) is 18.7 Å². The monoisotopic (exact) mass is 499 g/mol. The predicted octanol–water partition coefficient (Wildman–Crippen LogP) is 3.12. The number of thioether (sulfide) groups is 1. The zero-order chi connectivity index (χ0) is 25.4. The number of benzene rings is 2. The molecule has 1 atom stereocenters. The minimum atomic E-state index is -1.10. The Bertz CT molecular complexity index is 1000. The van der Waals surface area contributed by atoms with E-state index in [-0.39, 0.29) is 19.1 Å². The maximum atomic E-state index is 13.2. The third-order valence-corrected chi connectivity index (χ3v) is 6.64. The van der Waals surface area contributed by atoms with E-state index in [0.717, 1.165) is 22.3 Å². The minimum absolute atomic E-state index is 0.0860. The lowest BCUT2D eigenvalue weighted by molar-refractivity contribution is -0.145. The first-order valence-electron chi connectivity index (χ1n) is 11.6. The fourth-order valence-electron chi connectivity index (χ4n) is 4.25. The van der Waals surface area contributed by atoms with Gasteiger partial charge in [0.2, 0.25) is 5.91 Å². The SMILES string of the molecule is CSCC[C@@H](NC(=O)OCC1c2ccccc2-c2ccccc21)C(=O)N(CCN(C)C)CC(=O)O. The number of nitrogens with zero attached hydrogens (tertiary/aromatic N) is 2. The molecule has 2 N–H and O–H groups in total. The molecule has 0 bridgehead atoms. The van der Waals surface area contributed by atoms with E-state index in [1.54, 1.807) is 11.8 Å². The average Bonchev–Trinajstić information content (AvgIpc) is 3.16. The summed E-state index contributed by atoms with van der Waals surface area (Å²) >= 11 is 1.55. The Hall–Kier alpha value is -3.04. The smallest absolute Gasteiger partial charge is 0.407 e. The summed E-state index contributed by atoms with van der Waals surface area (Å²) in [6.07, 6.45) is 1.60. The standard InChI is InChI=1S/C26H33N3O5S/c1-28(2)13-14-29(16-24(30)31)25(32)23(12-15-35-3)27-26(33)34-17-22-20-10-6-4-8-18(20)19-9-5-7-11-21(19)22/h4-11,22-23H,12-17H2,1-3H3,(H,27,33)(H,30,31)/t23-/m1/s1. The summed E-state index contributed by atoms with van der Waals surface area (Å²) in [5.41, 5.74) is 4.48. The van der Waals surface area contributed by atoms with Crippen LogP contribution in [0.1, 0.15) is 23.5 Å². The van der Waals surface area contributed by atoms with Crippen molar-refractivity contribution in [3.8, 4) is 11.1 Å². The van der Waals surface area contributed by atoms with Crippen molar-refractivity contribution in [3.63, 3.8) is 0 Å². The molecule has 0 saturated heterocycles. The Morgan fingerprint density at radius 2 is 1.63 bits per heavy atom. The zero-order valence-corrected chi connectivity index (χ0v) is 21.2. The Labute approximate surface area is 210 Å². The van der Waals surface area contributed by atoms with Gasteiger partial charge < -0.3 is 25.0 Å². The van der Waals surface area contributed by atoms with Crippen LogP contribution in [-0.4, -0.2) is 91.3 Å². The molecule has 188 valence electrons. The van der Waals surface area contributed by atoms with Crippen LogP contribution in [0.25, 0.3) is 11.1 Å². The maximum Gasteiger partial charge on any atom is 0.407 e. The second kappa shape index (κ2) is 12.6. The van der Waals surface area contributed by atoms with Crippen LogP contribution in [0.4, 0.5) is 4.79 Å². The molecule has 1 aliphatic carbocycles. The van der Waals surface area contributed by atoms with Crippen LogP contribution in [0.2, 0.25) is 0 Å². The number of carbonyl (C=O) groups excluding carboxylic acids is 2. The van der Waals surface area contributed by atoms with Crippen molar-refractivity contribution < 1.29 is 24.2 Å². The van der Waals surface area contributed by atoms with Gasteiger partial charge in [-0.3, -0.25) is 9.59 Å². The Morgan fingerprint density at radius 1 is 1.03 bits per heavy atom. The topological polar surface area (TPSA) is 99.2 Å². The molecule has 0 fully saturated rings. The Balaban J connectivity index is 1.68. The van der Waals surface area contributed by atoms with Crippen molar-refractivity contribution in [2.24, 2.45) is 0 Å². The molecule has 0 saturated carbocycles. The molecule has 2 amide bonds. The summed E-state index contributed by atoms with van der Waals surface area (Å²) < 4.78 is 5.61. The van der Waals surface area contributed by atoms with Gasteiger partial charge in [-0.25, -0.2) is 4.79 Å². The van der Waals surface area contributed by atoms with Gasteiger partial charge in [-0.2, -0.15) is 11.8 Å². The largest absolute Gasteiger partial charge is 0.480 e. The van der Waals surface area contributed by atoms with Crippen LogP contribution in [0.15, 0.2) is 48.5 Å². The van der Waals surface area contributed by atoms with Crippen LogP contribution in [0.5, 0.6) is 0 Å². The first kappa shape index (κ1) is 26.6. The van der Waals surface area contributed by atoms with Crippen LogP contribution in [0, 0.1) is 0 Å². The van der Waals surface area contributed by atoms with E-state index in [2.05, 4.69) is 17.4 Å².